The van der Waals surface area contributed by atoms with Crippen LogP contribution >= 0.6 is 0 Å². The van der Waals surface area contributed by atoms with Crippen molar-refractivity contribution < 1.29 is 14.3 Å². The Labute approximate surface area is 163 Å². The molecular weight excluding hydrogens is 356 g/mol. The second-order valence-electron chi connectivity index (χ2n) is 7.68. The quantitative estimate of drug-likeness (QED) is 0.881. The Morgan fingerprint density at radius 1 is 1.25 bits per heavy atom. The lowest BCUT2D eigenvalue weighted by Crippen LogP contribution is -2.47. The zero-order valence-corrected chi connectivity index (χ0v) is 16.0. The standard InChI is InChI=1S/C21H24N4O3/c1-27-16-7-8-17-18(13-16)23-19(22-17)24-11-9-21(10-12-24)14-25(20(26)28-21)15-5-3-2-4-6-15/h3,5-8,13H,2,4,9-12,14H2,1H3,(H,22,23). The molecule has 146 valence electrons. The van der Waals surface area contributed by atoms with E-state index in [2.05, 4.69) is 22.0 Å². The number of allylic oxidation sites excluding steroid dienone is 3. The van der Waals surface area contributed by atoms with E-state index in [1.54, 1.807) is 12.0 Å². The maximum absolute atomic E-state index is 12.5. The van der Waals surface area contributed by atoms with E-state index in [1.807, 2.05) is 24.3 Å². The van der Waals surface area contributed by atoms with Crippen LogP contribution in [-0.4, -0.2) is 53.3 Å². The van der Waals surface area contributed by atoms with Gasteiger partial charge in [0.1, 0.15) is 11.4 Å². The lowest BCUT2D eigenvalue weighted by molar-refractivity contribution is 0.0365. The van der Waals surface area contributed by atoms with Gasteiger partial charge in [0, 0.05) is 37.7 Å². The van der Waals surface area contributed by atoms with E-state index in [-0.39, 0.29) is 6.09 Å². The largest absolute Gasteiger partial charge is 0.497 e. The third-order valence-corrected chi connectivity index (χ3v) is 5.91. The number of aromatic amines is 1. The van der Waals surface area contributed by atoms with Crippen molar-refractivity contribution in [3.8, 4) is 5.75 Å². The van der Waals surface area contributed by atoms with E-state index in [9.17, 15) is 4.79 Å². The van der Waals surface area contributed by atoms with Gasteiger partial charge < -0.3 is 19.4 Å². The molecular formula is C21H24N4O3. The summed E-state index contributed by atoms with van der Waals surface area (Å²) in [6.07, 6.45) is 9.66. The molecule has 1 aromatic carbocycles. The summed E-state index contributed by atoms with van der Waals surface area (Å²) < 4.78 is 11.2. The van der Waals surface area contributed by atoms with Gasteiger partial charge in [-0.2, -0.15) is 0 Å². The minimum Gasteiger partial charge on any atom is -0.497 e. The number of imidazole rings is 1. The summed E-state index contributed by atoms with van der Waals surface area (Å²) in [5.41, 5.74) is 2.46. The molecule has 1 N–H and O–H groups in total. The molecule has 3 heterocycles. The zero-order chi connectivity index (χ0) is 19.1. The first kappa shape index (κ1) is 17.2. The lowest BCUT2D eigenvalue weighted by Gasteiger charge is -2.37. The van der Waals surface area contributed by atoms with Crippen LogP contribution in [0.5, 0.6) is 5.75 Å². The van der Waals surface area contributed by atoms with Crippen LogP contribution < -0.4 is 9.64 Å². The first-order valence-corrected chi connectivity index (χ1v) is 9.82. The fourth-order valence-corrected chi connectivity index (χ4v) is 4.26. The number of fused-ring (bicyclic) bond motifs is 1. The normalized spacial score (nSPS) is 21.3. The lowest BCUT2D eigenvalue weighted by atomic mass is 9.91. The van der Waals surface area contributed by atoms with Crippen molar-refractivity contribution >= 4 is 23.1 Å². The number of rotatable bonds is 3. The monoisotopic (exact) mass is 380 g/mol. The first-order chi connectivity index (χ1) is 13.7. The van der Waals surface area contributed by atoms with E-state index < -0.39 is 5.60 Å². The van der Waals surface area contributed by atoms with Crippen molar-refractivity contribution in [1.82, 2.24) is 14.9 Å². The van der Waals surface area contributed by atoms with Crippen molar-refractivity contribution in [2.24, 2.45) is 0 Å². The van der Waals surface area contributed by atoms with Crippen LogP contribution in [0.4, 0.5) is 10.7 Å². The minimum atomic E-state index is -0.394. The SMILES string of the molecule is COc1ccc2nc(N3CCC4(CC3)CN(C3=CCCC=C3)C(=O)O4)[nH]c2c1. The Bertz CT molecular complexity index is 969. The van der Waals surface area contributed by atoms with E-state index in [0.29, 0.717) is 6.54 Å². The van der Waals surface area contributed by atoms with Crippen molar-refractivity contribution in [3.63, 3.8) is 0 Å². The van der Waals surface area contributed by atoms with Gasteiger partial charge in [0.15, 0.2) is 0 Å². The number of nitrogens with one attached hydrogen (secondary N) is 1. The van der Waals surface area contributed by atoms with Crippen LogP contribution in [0.15, 0.2) is 42.1 Å². The average molecular weight is 380 g/mol. The van der Waals surface area contributed by atoms with Gasteiger partial charge in [0.25, 0.3) is 0 Å². The summed E-state index contributed by atoms with van der Waals surface area (Å²) in [6.45, 7) is 2.23. The molecule has 0 unspecified atom stereocenters. The number of H-pyrrole nitrogens is 1. The first-order valence-electron chi connectivity index (χ1n) is 9.82. The van der Waals surface area contributed by atoms with Crippen molar-refractivity contribution in [1.29, 1.82) is 0 Å². The highest BCUT2D eigenvalue weighted by atomic mass is 16.6. The third-order valence-electron chi connectivity index (χ3n) is 5.91. The zero-order valence-electron chi connectivity index (χ0n) is 16.0. The fourth-order valence-electron chi connectivity index (χ4n) is 4.26. The molecule has 2 fully saturated rings. The number of aromatic nitrogens is 2. The summed E-state index contributed by atoms with van der Waals surface area (Å²) in [5, 5.41) is 0. The summed E-state index contributed by atoms with van der Waals surface area (Å²) in [5.74, 6) is 1.67. The number of hydrogen-bond acceptors (Lipinski definition) is 5. The molecule has 5 rings (SSSR count). The third kappa shape index (κ3) is 2.91. The predicted octanol–water partition coefficient (Wildman–Crippen LogP) is 3.60. The molecule has 2 aliphatic heterocycles. The van der Waals surface area contributed by atoms with Crippen LogP contribution in [0.3, 0.4) is 0 Å². The molecule has 1 spiro atoms. The highest BCUT2D eigenvalue weighted by Gasteiger charge is 2.48. The van der Waals surface area contributed by atoms with Crippen LogP contribution in [-0.2, 0) is 4.74 Å². The topological polar surface area (TPSA) is 70.7 Å². The van der Waals surface area contributed by atoms with Crippen molar-refractivity contribution in [2.45, 2.75) is 31.3 Å². The van der Waals surface area contributed by atoms with Gasteiger partial charge in [0.2, 0.25) is 5.95 Å². The van der Waals surface area contributed by atoms with Crippen LogP contribution in [0.25, 0.3) is 11.0 Å². The smallest absolute Gasteiger partial charge is 0.415 e. The molecule has 28 heavy (non-hydrogen) atoms. The van der Waals surface area contributed by atoms with Crippen molar-refractivity contribution in [3.05, 3.63) is 42.1 Å². The molecule has 0 atom stereocenters. The highest BCUT2D eigenvalue weighted by molar-refractivity contribution is 5.79. The van der Waals surface area contributed by atoms with Gasteiger partial charge in [-0.1, -0.05) is 12.2 Å². The number of methoxy groups -OCH3 is 1. The second kappa shape index (κ2) is 6.58. The van der Waals surface area contributed by atoms with Gasteiger partial charge in [-0.3, -0.25) is 4.90 Å². The fraction of sp³-hybridized carbons (Fsp3) is 0.429. The maximum Gasteiger partial charge on any atom is 0.415 e. The highest BCUT2D eigenvalue weighted by Crippen LogP contribution is 2.37. The molecule has 3 aliphatic rings. The second-order valence-corrected chi connectivity index (χ2v) is 7.68. The van der Waals surface area contributed by atoms with E-state index in [1.165, 1.54) is 0 Å². The average Bonchev–Trinajstić information content (AvgIpc) is 3.29. The van der Waals surface area contributed by atoms with Crippen LogP contribution in [0, 0.1) is 0 Å². The molecule has 0 radical (unpaired) electrons. The number of piperidine rings is 1. The molecule has 2 saturated heterocycles. The number of amides is 1. The molecule has 1 aromatic heterocycles. The van der Waals surface area contributed by atoms with E-state index in [0.717, 1.165) is 67.2 Å². The predicted molar refractivity (Wildman–Crippen MR) is 106 cm³/mol. The number of benzene rings is 1. The Balaban J connectivity index is 1.29. The van der Waals surface area contributed by atoms with Gasteiger partial charge in [-0.25, -0.2) is 9.78 Å². The number of hydrogen-bond donors (Lipinski definition) is 1. The molecule has 7 nitrogen and oxygen atoms in total. The maximum atomic E-state index is 12.5. The number of carbonyl (C=O) groups is 1. The molecule has 2 aromatic rings. The number of anilines is 1. The van der Waals surface area contributed by atoms with Gasteiger partial charge in [-0.05, 0) is 31.1 Å². The summed E-state index contributed by atoms with van der Waals surface area (Å²) in [6, 6.07) is 5.83. The summed E-state index contributed by atoms with van der Waals surface area (Å²) in [4.78, 5) is 24.6. The molecule has 1 aliphatic carbocycles. The Morgan fingerprint density at radius 2 is 2.11 bits per heavy atom. The summed E-state index contributed by atoms with van der Waals surface area (Å²) in [7, 11) is 1.66. The van der Waals surface area contributed by atoms with E-state index in [4.69, 9.17) is 14.5 Å². The van der Waals surface area contributed by atoms with Crippen LogP contribution in [0.2, 0.25) is 0 Å². The Hall–Kier alpha value is -2.96. The van der Waals surface area contributed by atoms with Crippen LogP contribution in [0.1, 0.15) is 25.7 Å². The molecule has 1 amide bonds. The Kier molecular flexibility index (Phi) is 4.03. The van der Waals surface area contributed by atoms with E-state index >= 15 is 0 Å². The number of nitrogens with zero attached hydrogens (tertiary/aromatic N) is 3. The number of carbonyl (C=O) groups excluding carboxylic acids is 1. The van der Waals surface area contributed by atoms with Gasteiger partial charge in [-0.15, -0.1) is 0 Å². The van der Waals surface area contributed by atoms with Crippen molar-refractivity contribution in [2.75, 3.05) is 31.6 Å². The van der Waals surface area contributed by atoms with Gasteiger partial charge >= 0.3 is 6.09 Å². The van der Waals surface area contributed by atoms with Gasteiger partial charge in [0.05, 0.1) is 24.7 Å². The molecule has 0 saturated carbocycles. The summed E-state index contributed by atoms with van der Waals surface area (Å²) >= 11 is 0. The Morgan fingerprint density at radius 3 is 2.86 bits per heavy atom. The molecule has 7 heteroatoms. The molecule has 0 bridgehead atoms. The number of ether oxygens (including phenoxy) is 2. The minimum absolute atomic E-state index is 0.220.